The predicted molar refractivity (Wildman–Crippen MR) is 70.7 cm³/mol. The molecule has 2 saturated heterocycles. The summed E-state index contributed by atoms with van der Waals surface area (Å²) in [5.41, 5.74) is -0.412. The lowest BCUT2D eigenvalue weighted by atomic mass is 10.0. The molecule has 3 rings (SSSR count). The minimum atomic E-state index is -4.38. The largest absolute Gasteiger partial charge is 0.416 e. The van der Waals surface area contributed by atoms with Crippen molar-refractivity contribution in [2.75, 3.05) is 19.6 Å². The van der Waals surface area contributed by atoms with Gasteiger partial charge in [0.1, 0.15) is 0 Å². The van der Waals surface area contributed by atoms with Gasteiger partial charge in [-0.1, -0.05) is 12.1 Å². The van der Waals surface area contributed by atoms with E-state index in [-0.39, 0.29) is 12.2 Å². The molecule has 1 N–H and O–H groups in total. The summed E-state index contributed by atoms with van der Waals surface area (Å²) in [7, 11) is 0. The normalized spacial score (nSPS) is 27.8. The van der Waals surface area contributed by atoms with Gasteiger partial charge < -0.3 is 9.84 Å². The Morgan fingerprint density at radius 1 is 1.24 bits per heavy atom. The van der Waals surface area contributed by atoms with Crippen LogP contribution in [0.4, 0.5) is 13.2 Å². The molecule has 2 aliphatic rings. The molecule has 2 bridgehead atoms. The van der Waals surface area contributed by atoms with Crippen LogP contribution in [0.2, 0.25) is 0 Å². The highest BCUT2D eigenvalue weighted by atomic mass is 19.4. The van der Waals surface area contributed by atoms with Gasteiger partial charge >= 0.3 is 6.18 Å². The van der Waals surface area contributed by atoms with Crippen molar-refractivity contribution in [3.05, 3.63) is 35.4 Å². The molecular formula is C15H18F3NO2. The summed E-state index contributed by atoms with van der Waals surface area (Å²) in [6.45, 7) is 1.83. The molecule has 1 aromatic rings. The van der Waals surface area contributed by atoms with Gasteiger partial charge in [-0.2, -0.15) is 13.2 Å². The standard InChI is InChI=1S/C15H18F3NO2/c16-15(17,18)11-3-1-2-10(6-11)14(20)9-19-7-12-4-5-13(8-19)21-12/h1-3,6,12-14,20H,4-5,7-9H2. The Morgan fingerprint density at radius 3 is 2.52 bits per heavy atom. The Balaban J connectivity index is 1.66. The van der Waals surface area contributed by atoms with E-state index < -0.39 is 17.8 Å². The number of β-amino-alcohol motifs (C(OH)–C–C–N with tert-alkyl or cyclic N) is 1. The Kier molecular flexibility index (Phi) is 3.94. The molecule has 3 nitrogen and oxygen atoms in total. The zero-order valence-corrected chi connectivity index (χ0v) is 11.5. The van der Waals surface area contributed by atoms with Crippen molar-refractivity contribution in [2.45, 2.75) is 37.3 Å². The SMILES string of the molecule is OC(CN1CC2CCC(C1)O2)c1cccc(C(F)(F)F)c1. The number of halogens is 3. The minimum Gasteiger partial charge on any atom is -0.387 e. The average molecular weight is 301 g/mol. The molecule has 0 amide bonds. The third-order valence-corrected chi connectivity index (χ3v) is 4.15. The van der Waals surface area contributed by atoms with Crippen molar-refractivity contribution in [3.63, 3.8) is 0 Å². The molecule has 0 radical (unpaired) electrons. The van der Waals surface area contributed by atoms with Crippen molar-refractivity contribution in [1.29, 1.82) is 0 Å². The molecule has 2 heterocycles. The zero-order chi connectivity index (χ0) is 15.0. The van der Waals surface area contributed by atoms with E-state index in [0.29, 0.717) is 12.1 Å². The van der Waals surface area contributed by atoms with Crippen LogP contribution < -0.4 is 0 Å². The molecule has 3 unspecified atom stereocenters. The van der Waals surface area contributed by atoms with Crippen molar-refractivity contribution in [3.8, 4) is 0 Å². The monoisotopic (exact) mass is 301 g/mol. The van der Waals surface area contributed by atoms with Gasteiger partial charge in [0.2, 0.25) is 0 Å². The Hall–Kier alpha value is -1.11. The van der Waals surface area contributed by atoms with Crippen LogP contribution in [0.1, 0.15) is 30.1 Å². The van der Waals surface area contributed by atoms with Gasteiger partial charge in [-0.05, 0) is 30.5 Å². The third kappa shape index (κ3) is 3.39. The lowest BCUT2D eigenvalue weighted by Crippen LogP contribution is -2.44. The van der Waals surface area contributed by atoms with Crippen molar-refractivity contribution >= 4 is 0 Å². The second kappa shape index (κ2) is 5.59. The molecule has 3 atom stereocenters. The Labute approximate surface area is 121 Å². The summed E-state index contributed by atoms with van der Waals surface area (Å²) in [5, 5.41) is 10.2. The number of likely N-dealkylation sites (tertiary alicyclic amines) is 1. The topological polar surface area (TPSA) is 32.7 Å². The maximum Gasteiger partial charge on any atom is 0.416 e. The number of aliphatic hydroxyl groups is 1. The van der Waals surface area contributed by atoms with Crippen LogP contribution in [0.5, 0.6) is 0 Å². The van der Waals surface area contributed by atoms with Gasteiger partial charge in [-0.3, -0.25) is 4.90 Å². The number of hydrogen-bond acceptors (Lipinski definition) is 3. The second-order valence-corrected chi connectivity index (χ2v) is 5.82. The van der Waals surface area contributed by atoms with E-state index in [1.54, 1.807) is 0 Å². The van der Waals surface area contributed by atoms with Gasteiger partial charge in [0.05, 0.1) is 23.9 Å². The minimum absolute atomic E-state index is 0.206. The first kappa shape index (κ1) is 14.8. The fraction of sp³-hybridized carbons (Fsp3) is 0.600. The van der Waals surface area contributed by atoms with Crippen LogP contribution in [0.15, 0.2) is 24.3 Å². The summed E-state index contributed by atoms with van der Waals surface area (Å²) in [6.07, 6.45) is -2.82. The number of alkyl halides is 3. The summed E-state index contributed by atoms with van der Waals surface area (Å²) in [5.74, 6) is 0. The number of rotatable bonds is 3. The van der Waals surface area contributed by atoms with Gasteiger partial charge in [0.15, 0.2) is 0 Å². The fourth-order valence-electron chi connectivity index (χ4n) is 3.12. The van der Waals surface area contributed by atoms with E-state index in [9.17, 15) is 18.3 Å². The predicted octanol–water partition coefficient (Wildman–Crippen LogP) is 2.60. The summed E-state index contributed by atoms with van der Waals surface area (Å²) in [6, 6.07) is 4.92. The molecule has 0 aromatic heterocycles. The quantitative estimate of drug-likeness (QED) is 0.931. The third-order valence-electron chi connectivity index (χ3n) is 4.15. The molecule has 0 aliphatic carbocycles. The number of benzene rings is 1. The van der Waals surface area contributed by atoms with Gasteiger partial charge in [-0.15, -0.1) is 0 Å². The van der Waals surface area contributed by atoms with Gasteiger partial charge in [0.25, 0.3) is 0 Å². The first-order valence-corrected chi connectivity index (χ1v) is 7.15. The van der Waals surface area contributed by atoms with E-state index in [1.165, 1.54) is 12.1 Å². The average Bonchev–Trinajstić information content (AvgIpc) is 2.77. The zero-order valence-electron chi connectivity index (χ0n) is 11.5. The van der Waals surface area contributed by atoms with E-state index >= 15 is 0 Å². The molecule has 0 saturated carbocycles. The Bertz CT molecular complexity index is 494. The first-order chi connectivity index (χ1) is 9.91. The van der Waals surface area contributed by atoms with E-state index in [4.69, 9.17) is 4.74 Å². The van der Waals surface area contributed by atoms with Crippen LogP contribution in [-0.4, -0.2) is 41.8 Å². The molecule has 2 fully saturated rings. The number of fused-ring (bicyclic) bond motifs is 2. The molecule has 116 valence electrons. The summed E-state index contributed by atoms with van der Waals surface area (Å²) >= 11 is 0. The smallest absolute Gasteiger partial charge is 0.387 e. The fourth-order valence-corrected chi connectivity index (χ4v) is 3.12. The molecule has 2 aliphatic heterocycles. The first-order valence-electron chi connectivity index (χ1n) is 7.15. The van der Waals surface area contributed by atoms with Crippen LogP contribution in [0, 0.1) is 0 Å². The highest BCUT2D eigenvalue weighted by molar-refractivity contribution is 5.27. The number of hydrogen-bond donors (Lipinski definition) is 1. The second-order valence-electron chi connectivity index (χ2n) is 5.82. The van der Waals surface area contributed by atoms with E-state index in [0.717, 1.165) is 38.1 Å². The van der Waals surface area contributed by atoms with Crippen LogP contribution in [0.3, 0.4) is 0 Å². The van der Waals surface area contributed by atoms with Crippen molar-refractivity contribution in [1.82, 2.24) is 4.90 Å². The highest BCUT2D eigenvalue weighted by Crippen LogP contribution is 2.31. The summed E-state index contributed by atoms with van der Waals surface area (Å²) < 4.78 is 43.8. The lowest BCUT2D eigenvalue weighted by Gasteiger charge is -2.33. The van der Waals surface area contributed by atoms with Crippen LogP contribution in [-0.2, 0) is 10.9 Å². The van der Waals surface area contributed by atoms with E-state index in [2.05, 4.69) is 4.90 Å². The number of ether oxygens (including phenoxy) is 1. The maximum atomic E-state index is 12.7. The molecular weight excluding hydrogens is 283 g/mol. The van der Waals surface area contributed by atoms with E-state index in [1.807, 2.05) is 0 Å². The van der Waals surface area contributed by atoms with Crippen LogP contribution >= 0.6 is 0 Å². The highest BCUT2D eigenvalue weighted by Gasteiger charge is 2.35. The lowest BCUT2D eigenvalue weighted by molar-refractivity contribution is -0.137. The van der Waals surface area contributed by atoms with Crippen molar-refractivity contribution < 1.29 is 23.0 Å². The molecule has 21 heavy (non-hydrogen) atoms. The molecule has 0 spiro atoms. The number of aliphatic hydroxyl groups excluding tert-OH is 1. The molecule has 6 heteroatoms. The van der Waals surface area contributed by atoms with Crippen molar-refractivity contribution in [2.24, 2.45) is 0 Å². The summed E-state index contributed by atoms with van der Waals surface area (Å²) in [4.78, 5) is 2.08. The van der Waals surface area contributed by atoms with Crippen LogP contribution in [0.25, 0.3) is 0 Å². The van der Waals surface area contributed by atoms with Gasteiger partial charge in [-0.25, -0.2) is 0 Å². The Morgan fingerprint density at radius 2 is 1.90 bits per heavy atom. The van der Waals surface area contributed by atoms with Gasteiger partial charge in [0, 0.05) is 19.6 Å². The molecule has 1 aromatic carbocycles. The maximum absolute atomic E-state index is 12.7. The number of nitrogens with zero attached hydrogens (tertiary/aromatic N) is 1. The number of morpholine rings is 1.